The van der Waals surface area contributed by atoms with Gasteiger partial charge in [0.2, 0.25) is 0 Å². The minimum atomic E-state index is -0.769. The lowest BCUT2D eigenvalue weighted by molar-refractivity contribution is 0.0992. The second-order valence-corrected chi connectivity index (χ2v) is 10.3. The largest absolute Gasteiger partial charge is 0.384 e. The Balaban J connectivity index is 1.74. The van der Waals surface area contributed by atoms with Gasteiger partial charge >= 0.3 is 5.69 Å². The quantitative estimate of drug-likeness (QED) is 0.259. The van der Waals surface area contributed by atoms with Crippen molar-refractivity contribution in [1.82, 2.24) is 18.7 Å². The number of ketones is 1. The van der Waals surface area contributed by atoms with E-state index in [4.69, 9.17) is 5.73 Å². The zero-order chi connectivity index (χ0) is 23.3. The molecule has 2 N–H and O–H groups in total. The van der Waals surface area contributed by atoms with E-state index in [1.807, 2.05) is 22.9 Å². The molecule has 0 aliphatic carbocycles. The van der Waals surface area contributed by atoms with Crippen LogP contribution in [-0.4, -0.2) is 29.7 Å². The molecule has 0 spiro atoms. The number of carbonyl (C=O) groups is 1. The molecule has 0 bridgehead atoms. The Morgan fingerprint density at radius 1 is 1.09 bits per heavy atom. The van der Waals surface area contributed by atoms with Crippen molar-refractivity contribution >= 4 is 56.3 Å². The summed E-state index contributed by atoms with van der Waals surface area (Å²) in [6, 6.07) is 3.88. The highest BCUT2D eigenvalue weighted by molar-refractivity contribution is 8.00. The maximum Gasteiger partial charge on any atom is 0.332 e. The number of hydrogen-bond acceptors (Lipinski definition) is 9. The van der Waals surface area contributed by atoms with Crippen molar-refractivity contribution < 1.29 is 4.79 Å². The smallest absolute Gasteiger partial charge is 0.332 e. The Labute approximate surface area is 193 Å². The van der Waals surface area contributed by atoms with Gasteiger partial charge in [0.15, 0.2) is 10.9 Å². The number of Topliss-reactive ketones (excluding diaryl/α,β-unsaturated/α-hetero) is 1. The van der Waals surface area contributed by atoms with E-state index in [0.29, 0.717) is 15.4 Å². The van der Waals surface area contributed by atoms with Gasteiger partial charge in [-0.05, 0) is 18.4 Å². The van der Waals surface area contributed by atoms with Gasteiger partial charge in [0.1, 0.15) is 16.2 Å². The van der Waals surface area contributed by atoms with Gasteiger partial charge in [0.25, 0.3) is 11.1 Å². The Morgan fingerprint density at radius 3 is 2.47 bits per heavy atom. The molecule has 0 aromatic carbocycles. The van der Waals surface area contributed by atoms with E-state index < -0.39 is 22.3 Å². The van der Waals surface area contributed by atoms with Gasteiger partial charge < -0.3 is 5.73 Å². The van der Waals surface area contributed by atoms with Crippen LogP contribution in [0.25, 0.3) is 20.7 Å². The van der Waals surface area contributed by atoms with E-state index in [9.17, 15) is 19.2 Å². The first-order valence-electron chi connectivity index (χ1n) is 9.42. The number of carbonyl (C=O) groups excluding carboxylic acids is 1. The number of aromatic nitrogens is 4. The van der Waals surface area contributed by atoms with E-state index >= 15 is 0 Å². The maximum absolute atomic E-state index is 13.1. The number of anilines is 1. The average molecular weight is 490 g/mol. The monoisotopic (exact) mass is 489 g/mol. The second kappa shape index (κ2) is 8.19. The molecule has 9 nitrogen and oxygen atoms in total. The molecule has 4 aromatic heterocycles. The molecule has 166 valence electrons. The molecule has 0 radical (unpaired) electrons. The molecule has 0 saturated carbocycles. The predicted octanol–water partition coefficient (Wildman–Crippen LogP) is 2.07. The first-order chi connectivity index (χ1) is 15.1. The number of thiophene rings is 2. The van der Waals surface area contributed by atoms with E-state index in [0.717, 1.165) is 31.3 Å². The van der Waals surface area contributed by atoms with Crippen LogP contribution >= 0.6 is 34.4 Å². The van der Waals surface area contributed by atoms with Crippen LogP contribution in [0.4, 0.5) is 5.82 Å². The van der Waals surface area contributed by atoms with Crippen LogP contribution in [0.1, 0.15) is 17.3 Å². The van der Waals surface area contributed by atoms with Crippen LogP contribution in [-0.2, 0) is 21.1 Å². The molecule has 4 aromatic rings. The van der Waals surface area contributed by atoms with Crippen LogP contribution < -0.4 is 22.5 Å². The number of nitrogen functional groups attached to an aromatic ring is 1. The molecule has 0 unspecified atom stereocenters. The lowest BCUT2D eigenvalue weighted by Gasteiger charge is -2.15. The lowest BCUT2D eigenvalue weighted by Crippen LogP contribution is -2.42. The van der Waals surface area contributed by atoms with Crippen molar-refractivity contribution in [3.63, 3.8) is 0 Å². The number of thioether (sulfide) groups is 1. The highest BCUT2D eigenvalue weighted by Crippen LogP contribution is 2.35. The summed E-state index contributed by atoms with van der Waals surface area (Å²) in [5, 5.41) is 3.98. The highest BCUT2D eigenvalue weighted by atomic mass is 32.2. The van der Waals surface area contributed by atoms with Crippen LogP contribution in [0.5, 0.6) is 0 Å². The Bertz CT molecular complexity index is 1540. The number of rotatable bonds is 5. The number of hydrogen-bond donors (Lipinski definition) is 1. The molecule has 32 heavy (non-hydrogen) atoms. The van der Waals surface area contributed by atoms with Crippen molar-refractivity contribution in [2.45, 2.75) is 17.3 Å². The third-order valence-electron chi connectivity index (χ3n) is 5.17. The molecule has 1 atom stereocenters. The minimum absolute atomic E-state index is 0.188. The third-order valence-corrected chi connectivity index (χ3v) is 8.09. The topological polar surface area (TPSA) is 122 Å². The SMILES string of the molecule is C[C@H](Sc1nc2scc(-c3cccs3)c2c(=O)n1C)C(=O)c1c(N)n(C)c(=O)n(C)c1=O. The molecule has 4 rings (SSSR count). The second-order valence-electron chi connectivity index (χ2n) is 7.16. The fourth-order valence-corrected chi connectivity index (χ4v) is 6.01. The van der Waals surface area contributed by atoms with Gasteiger partial charge in [0, 0.05) is 37.0 Å². The summed E-state index contributed by atoms with van der Waals surface area (Å²) in [7, 11) is 4.29. The summed E-state index contributed by atoms with van der Waals surface area (Å²) < 4.78 is 3.31. The van der Waals surface area contributed by atoms with Crippen molar-refractivity contribution in [2.24, 2.45) is 21.1 Å². The normalized spacial score (nSPS) is 12.4. The van der Waals surface area contributed by atoms with E-state index in [-0.39, 0.29) is 16.9 Å². The average Bonchev–Trinajstić information content (AvgIpc) is 3.44. The van der Waals surface area contributed by atoms with E-state index in [1.54, 1.807) is 25.3 Å². The first kappa shape index (κ1) is 22.2. The summed E-state index contributed by atoms with van der Waals surface area (Å²) >= 11 is 3.97. The summed E-state index contributed by atoms with van der Waals surface area (Å²) in [5.41, 5.74) is 4.93. The molecule has 4 heterocycles. The summed E-state index contributed by atoms with van der Waals surface area (Å²) in [6.45, 7) is 1.61. The Morgan fingerprint density at radius 2 is 1.81 bits per heavy atom. The van der Waals surface area contributed by atoms with E-state index in [2.05, 4.69) is 4.98 Å². The van der Waals surface area contributed by atoms with Crippen molar-refractivity contribution in [1.29, 1.82) is 0 Å². The van der Waals surface area contributed by atoms with Crippen molar-refractivity contribution in [2.75, 3.05) is 5.73 Å². The zero-order valence-corrected chi connectivity index (χ0v) is 20.1. The molecule has 0 amide bonds. The molecule has 0 saturated heterocycles. The van der Waals surface area contributed by atoms with Gasteiger partial charge in [-0.3, -0.25) is 28.1 Å². The summed E-state index contributed by atoms with van der Waals surface area (Å²) in [6.07, 6.45) is 0. The highest BCUT2D eigenvalue weighted by Gasteiger charge is 2.27. The fourth-order valence-electron chi connectivity index (χ4n) is 3.28. The molecular formula is C20H19N5O4S3. The van der Waals surface area contributed by atoms with Gasteiger partial charge in [-0.1, -0.05) is 17.8 Å². The zero-order valence-electron chi connectivity index (χ0n) is 17.6. The van der Waals surface area contributed by atoms with Gasteiger partial charge in [0.05, 0.1) is 10.6 Å². The van der Waals surface area contributed by atoms with Gasteiger partial charge in [-0.2, -0.15) is 0 Å². The van der Waals surface area contributed by atoms with Crippen molar-refractivity contribution in [3.8, 4) is 10.4 Å². The number of fused-ring (bicyclic) bond motifs is 1. The van der Waals surface area contributed by atoms with Crippen LogP contribution in [0, 0.1) is 0 Å². The number of nitrogens with two attached hydrogens (primary N) is 1. The Kier molecular flexibility index (Phi) is 5.69. The standard InChI is InChI=1S/C20H19N5O4S3/c1-9(14(26)13-15(21)23(2)20(29)25(4)18(13)28)32-19-22-16-12(17(27)24(19)3)10(8-31-16)11-6-5-7-30-11/h5-9H,21H2,1-4H3/t9-/m0/s1. The predicted molar refractivity (Wildman–Crippen MR) is 129 cm³/mol. The lowest BCUT2D eigenvalue weighted by atomic mass is 10.1. The third kappa shape index (κ3) is 3.44. The first-order valence-corrected chi connectivity index (χ1v) is 12.1. The summed E-state index contributed by atoms with van der Waals surface area (Å²) in [5.74, 6) is -0.727. The van der Waals surface area contributed by atoms with Crippen molar-refractivity contribution in [3.05, 3.63) is 59.6 Å². The van der Waals surface area contributed by atoms with E-state index in [1.165, 1.54) is 30.0 Å². The van der Waals surface area contributed by atoms with Gasteiger partial charge in [-0.15, -0.1) is 22.7 Å². The van der Waals surface area contributed by atoms with Gasteiger partial charge in [-0.25, -0.2) is 9.78 Å². The summed E-state index contributed by atoms with van der Waals surface area (Å²) in [4.78, 5) is 56.9. The molecule has 0 fully saturated rings. The fraction of sp³-hybridized carbons (Fsp3) is 0.250. The maximum atomic E-state index is 13.1. The molecular weight excluding hydrogens is 470 g/mol. The molecule has 0 aliphatic rings. The van der Waals surface area contributed by atoms with Crippen LogP contribution in [0.3, 0.4) is 0 Å². The number of nitrogens with zero attached hydrogens (tertiary/aromatic N) is 4. The molecule has 0 aliphatic heterocycles. The van der Waals surface area contributed by atoms with Crippen LogP contribution in [0.2, 0.25) is 0 Å². The minimum Gasteiger partial charge on any atom is -0.384 e. The Hall–Kier alpha value is -2.96. The van der Waals surface area contributed by atoms with Crippen LogP contribution in [0.15, 0.2) is 42.4 Å². The molecule has 12 heteroatoms.